The smallest absolute Gasteiger partial charge is 0.146 e. The van der Waals surface area contributed by atoms with Gasteiger partial charge in [-0.1, -0.05) is 32.0 Å². The number of aliphatic hydroxyl groups is 1. The first-order valence-corrected chi connectivity index (χ1v) is 6.92. The van der Waals surface area contributed by atoms with E-state index in [0.717, 1.165) is 16.6 Å². The van der Waals surface area contributed by atoms with Gasteiger partial charge in [-0.2, -0.15) is 0 Å². The summed E-state index contributed by atoms with van der Waals surface area (Å²) in [5.74, 6) is 0.901. The summed E-state index contributed by atoms with van der Waals surface area (Å²) in [6.45, 7) is 5.87. The third-order valence-electron chi connectivity index (χ3n) is 3.48. The maximum atomic E-state index is 9.51. The Bertz CT molecular complexity index is 584. The van der Waals surface area contributed by atoms with Gasteiger partial charge in [-0.25, -0.2) is 4.98 Å². The van der Waals surface area contributed by atoms with Crippen molar-refractivity contribution < 1.29 is 9.84 Å². The quantitative estimate of drug-likeness (QED) is 0.877. The van der Waals surface area contributed by atoms with Crippen LogP contribution in [0.2, 0.25) is 0 Å². The molecule has 4 nitrogen and oxygen atoms in total. The van der Waals surface area contributed by atoms with E-state index in [-0.39, 0.29) is 18.6 Å². The molecule has 0 aliphatic carbocycles. The van der Waals surface area contributed by atoms with Crippen LogP contribution in [0.25, 0.3) is 10.9 Å². The van der Waals surface area contributed by atoms with Gasteiger partial charge in [-0.15, -0.1) is 0 Å². The summed E-state index contributed by atoms with van der Waals surface area (Å²) >= 11 is 0. The largest absolute Gasteiger partial charge is 0.484 e. The molecule has 108 valence electrons. The molecule has 0 saturated carbocycles. The van der Waals surface area contributed by atoms with Crippen LogP contribution in [-0.2, 0) is 0 Å². The van der Waals surface area contributed by atoms with Gasteiger partial charge in [-0.3, -0.25) is 0 Å². The lowest BCUT2D eigenvalue weighted by molar-refractivity contribution is 0.0822. The van der Waals surface area contributed by atoms with E-state index in [0.29, 0.717) is 5.75 Å². The molecule has 2 atom stereocenters. The third-order valence-corrected chi connectivity index (χ3v) is 3.48. The van der Waals surface area contributed by atoms with Crippen LogP contribution >= 0.6 is 0 Å². The molecule has 0 fully saturated rings. The second-order valence-electron chi connectivity index (χ2n) is 5.44. The van der Waals surface area contributed by atoms with Crippen LogP contribution < -0.4 is 10.5 Å². The Kier molecular flexibility index (Phi) is 4.57. The highest BCUT2D eigenvalue weighted by Crippen LogP contribution is 2.25. The molecular weight excluding hydrogens is 252 g/mol. The van der Waals surface area contributed by atoms with Gasteiger partial charge in [0.1, 0.15) is 17.4 Å². The maximum absolute atomic E-state index is 9.51. The molecule has 20 heavy (non-hydrogen) atoms. The lowest BCUT2D eigenvalue weighted by Gasteiger charge is -2.26. The summed E-state index contributed by atoms with van der Waals surface area (Å²) in [6, 6.07) is 9.54. The Labute approximate surface area is 119 Å². The van der Waals surface area contributed by atoms with E-state index in [4.69, 9.17) is 10.5 Å². The molecule has 2 rings (SSSR count). The summed E-state index contributed by atoms with van der Waals surface area (Å²) in [4.78, 5) is 4.52. The van der Waals surface area contributed by atoms with Crippen LogP contribution in [0.4, 0.5) is 0 Å². The molecule has 2 aromatic rings. The van der Waals surface area contributed by atoms with Gasteiger partial charge in [-0.05, 0) is 25.0 Å². The van der Waals surface area contributed by atoms with Crippen molar-refractivity contribution in [1.82, 2.24) is 4.98 Å². The van der Waals surface area contributed by atoms with Crippen molar-refractivity contribution in [2.45, 2.75) is 32.9 Å². The van der Waals surface area contributed by atoms with Crippen molar-refractivity contribution in [3.8, 4) is 5.75 Å². The Hall–Kier alpha value is -1.65. The molecule has 0 spiro atoms. The highest BCUT2D eigenvalue weighted by atomic mass is 16.5. The molecule has 0 aliphatic rings. The zero-order chi connectivity index (χ0) is 14.7. The molecule has 0 aliphatic heterocycles. The number of aryl methyl sites for hydroxylation is 1. The van der Waals surface area contributed by atoms with Gasteiger partial charge in [0.2, 0.25) is 0 Å². The standard InChI is InChI=1S/C16H22N2O2/c1-10(2)15(17)14(9-19)20-13-6-4-5-12-8-7-11(3)18-16(12)13/h4-8,10,14-15,19H,9,17H2,1-3H3. The molecular formula is C16H22N2O2. The van der Waals surface area contributed by atoms with Crippen molar-refractivity contribution in [2.24, 2.45) is 11.7 Å². The number of hydrogen-bond donors (Lipinski definition) is 2. The SMILES string of the molecule is Cc1ccc2cccc(OC(CO)C(N)C(C)C)c2n1. The Morgan fingerprint density at radius 2 is 2.00 bits per heavy atom. The van der Waals surface area contributed by atoms with Crippen LogP contribution in [0.1, 0.15) is 19.5 Å². The van der Waals surface area contributed by atoms with Crippen LogP contribution in [0.5, 0.6) is 5.75 Å². The number of aromatic nitrogens is 1. The van der Waals surface area contributed by atoms with Gasteiger partial charge in [0, 0.05) is 17.1 Å². The molecule has 0 bridgehead atoms. The molecule has 4 heteroatoms. The average molecular weight is 274 g/mol. The van der Waals surface area contributed by atoms with E-state index in [2.05, 4.69) is 4.98 Å². The van der Waals surface area contributed by atoms with Gasteiger partial charge in [0.25, 0.3) is 0 Å². The topological polar surface area (TPSA) is 68.4 Å². The number of fused-ring (bicyclic) bond motifs is 1. The van der Waals surface area contributed by atoms with Crippen molar-refractivity contribution in [3.63, 3.8) is 0 Å². The van der Waals surface area contributed by atoms with E-state index in [1.807, 2.05) is 51.1 Å². The van der Waals surface area contributed by atoms with E-state index in [1.54, 1.807) is 0 Å². The van der Waals surface area contributed by atoms with Crippen molar-refractivity contribution in [3.05, 3.63) is 36.0 Å². The van der Waals surface area contributed by atoms with E-state index in [1.165, 1.54) is 0 Å². The number of aliphatic hydroxyl groups excluding tert-OH is 1. The number of benzene rings is 1. The summed E-state index contributed by atoms with van der Waals surface area (Å²) in [5.41, 5.74) is 7.83. The van der Waals surface area contributed by atoms with Gasteiger partial charge in [0.15, 0.2) is 0 Å². The number of para-hydroxylation sites is 1. The predicted octanol–water partition coefficient (Wildman–Crippen LogP) is 2.27. The number of rotatable bonds is 5. The van der Waals surface area contributed by atoms with Crippen molar-refractivity contribution in [2.75, 3.05) is 6.61 Å². The zero-order valence-electron chi connectivity index (χ0n) is 12.2. The molecule has 3 N–H and O–H groups in total. The fourth-order valence-electron chi connectivity index (χ4n) is 2.14. The predicted molar refractivity (Wildman–Crippen MR) is 80.8 cm³/mol. The first-order chi connectivity index (χ1) is 9.52. The fourth-order valence-corrected chi connectivity index (χ4v) is 2.14. The minimum absolute atomic E-state index is 0.110. The van der Waals surface area contributed by atoms with Crippen LogP contribution in [0, 0.1) is 12.8 Å². The molecule has 1 aromatic carbocycles. The highest BCUT2D eigenvalue weighted by molar-refractivity contribution is 5.84. The molecule has 0 amide bonds. The number of nitrogens with zero attached hydrogens (tertiary/aromatic N) is 1. The maximum Gasteiger partial charge on any atom is 0.146 e. The van der Waals surface area contributed by atoms with Crippen molar-refractivity contribution in [1.29, 1.82) is 0 Å². The molecule has 0 radical (unpaired) electrons. The second-order valence-corrected chi connectivity index (χ2v) is 5.44. The van der Waals surface area contributed by atoms with E-state index in [9.17, 15) is 5.11 Å². The normalized spacial score (nSPS) is 14.5. The zero-order valence-corrected chi connectivity index (χ0v) is 12.2. The summed E-state index contributed by atoms with van der Waals surface area (Å²) in [6.07, 6.45) is -0.428. The monoisotopic (exact) mass is 274 g/mol. The number of ether oxygens (including phenoxy) is 1. The summed E-state index contributed by atoms with van der Waals surface area (Å²) in [5, 5.41) is 10.5. The second kappa shape index (κ2) is 6.20. The minimum Gasteiger partial charge on any atom is -0.484 e. The third kappa shape index (κ3) is 3.08. The van der Waals surface area contributed by atoms with Gasteiger partial charge < -0.3 is 15.6 Å². The molecule has 2 unspecified atom stereocenters. The van der Waals surface area contributed by atoms with E-state index >= 15 is 0 Å². The Morgan fingerprint density at radius 3 is 2.65 bits per heavy atom. The van der Waals surface area contributed by atoms with E-state index < -0.39 is 6.10 Å². The number of pyridine rings is 1. The Balaban J connectivity index is 2.35. The van der Waals surface area contributed by atoms with Crippen LogP contribution in [0.3, 0.4) is 0 Å². The molecule has 1 aromatic heterocycles. The summed E-state index contributed by atoms with van der Waals surface area (Å²) < 4.78 is 5.92. The lowest BCUT2D eigenvalue weighted by atomic mass is 10.00. The Morgan fingerprint density at radius 1 is 1.25 bits per heavy atom. The average Bonchev–Trinajstić information content (AvgIpc) is 2.44. The van der Waals surface area contributed by atoms with Crippen molar-refractivity contribution >= 4 is 10.9 Å². The number of hydrogen-bond acceptors (Lipinski definition) is 4. The lowest BCUT2D eigenvalue weighted by Crippen LogP contribution is -2.45. The number of nitrogens with two attached hydrogens (primary N) is 1. The minimum atomic E-state index is -0.428. The molecule has 1 heterocycles. The summed E-state index contributed by atoms with van der Waals surface area (Å²) in [7, 11) is 0. The van der Waals surface area contributed by atoms with Crippen LogP contribution in [-0.4, -0.2) is 28.8 Å². The van der Waals surface area contributed by atoms with Gasteiger partial charge in [0.05, 0.1) is 6.61 Å². The highest BCUT2D eigenvalue weighted by Gasteiger charge is 2.22. The first-order valence-electron chi connectivity index (χ1n) is 6.92. The van der Waals surface area contributed by atoms with Crippen LogP contribution in [0.15, 0.2) is 30.3 Å². The molecule has 0 saturated heterocycles. The first kappa shape index (κ1) is 14.8. The fraction of sp³-hybridized carbons (Fsp3) is 0.438. The van der Waals surface area contributed by atoms with Gasteiger partial charge >= 0.3 is 0 Å².